The fourth-order valence-corrected chi connectivity index (χ4v) is 3.24. The Labute approximate surface area is 174 Å². The van der Waals surface area contributed by atoms with Crippen molar-refractivity contribution < 1.29 is 8.78 Å². The van der Waals surface area contributed by atoms with Crippen LogP contribution in [0, 0.1) is 11.6 Å². The SMILES string of the molecule is C.Cl.Cl.N[C@@H]1Cc2ccc(F)cc2C1.N[C@H]1Cc2ccc(F)cc2C1.S. The highest BCUT2D eigenvalue weighted by Crippen LogP contribution is 2.22. The van der Waals surface area contributed by atoms with E-state index in [9.17, 15) is 8.78 Å². The second-order valence-electron chi connectivity index (χ2n) is 6.16. The highest BCUT2D eigenvalue weighted by Gasteiger charge is 2.18. The first-order chi connectivity index (χ1) is 10.5. The summed E-state index contributed by atoms with van der Waals surface area (Å²) in [5.41, 5.74) is 16.0. The van der Waals surface area contributed by atoms with Crippen LogP contribution < -0.4 is 11.5 Å². The van der Waals surface area contributed by atoms with Gasteiger partial charge in [0.15, 0.2) is 0 Å². The van der Waals surface area contributed by atoms with Gasteiger partial charge in [-0.25, -0.2) is 8.78 Å². The van der Waals surface area contributed by atoms with Crippen molar-refractivity contribution in [3.63, 3.8) is 0 Å². The number of halogens is 4. The number of fused-ring (bicyclic) bond motifs is 2. The van der Waals surface area contributed by atoms with Crippen LogP contribution in [0.5, 0.6) is 0 Å². The zero-order chi connectivity index (χ0) is 15.7. The Morgan fingerprint density at radius 1 is 0.654 bits per heavy atom. The molecule has 0 spiro atoms. The number of rotatable bonds is 0. The maximum atomic E-state index is 12.6. The van der Waals surface area contributed by atoms with Crippen LogP contribution in [0.25, 0.3) is 0 Å². The Bertz CT molecular complexity index is 642. The van der Waals surface area contributed by atoms with E-state index in [0.29, 0.717) is 0 Å². The molecule has 4 rings (SSSR count). The van der Waals surface area contributed by atoms with Gasteiger partial charge < -0.3 is 11.5 Å². The quantitative estimate of drug-likeness (QED) is 0.668. The minimum Gasteiger partial charge on any atom is -0.327 e. The molecule has 4 N–H and O–H groups in total. The van der Waals surface area contributed by atoms with Gasteiger partial charge >= 0.3 is 0 Å². The Morgan fingerprint density at radius 2 is 0.962 bits per heavy atom. The minimum atomic E-state index is -0.155. The average Bonchev–Trinajstić information content (AvgIpc) is 2.99. The molecule has 0 aliphatic heterocycles. The lowest BCUT2D eigenvalue weighted by Gasteiger charge is -1.95. The zero-order valence-corrected chi connectivity index (χ0v) is 16.3. The molecule has 2 nitrogen and oxygen atoms in total. The van der Waals surface area contributed by atoms with E-state index in [2.05, 4.69) is 0 Å². The third-order valence-corrected chi connectivity index (χ3v) is 4.27. The van der Waals surface area contributed by atoms with Gasteiger partial charge in [-0.3, -0.25) is 0 Å². The normalized spacial score (nSPS) is 18.5. The van der Waals surface area contributed by atoms with Crippen LogP contribution >= 0.6 is 38.3 Å². The smallest absolute Gasteiger partial charge is 0.123 e. The summed E-state index contributed by atoms with van der Waals surface area (Å²) >= 11 is 0. The molecule has 0 saturated carbocycles. The lowest BCUT2D eigenvalue weighted by Crippen LogP contribution is -2.19. The summed E-state index contributed by atoms with van der Waals surface area (Å²) < 4.78 is 25.3. The molecule has 0 saturated heterocycles. The number of hydrogen-bond donors (Lipinski definition) is 2. The summed E-state index contributed by atoms with van der Waals surface area (Å²) in [5.74, 6) is -0.310. The number of benzene rings is 2. The fraction of sp³-hybridized carbons (Fsp3) is 0.368. The van der Waals surface area contributed by atoms with Crippen molar-refractivity contribution in [3.8, 4) is 0 Å². The van der Waals surface area contributed by atoms with Crippen LogP contribution in [0.3, 0.4) is 0 Å². The van der Waals surface area contributed by atoms with E-state index in [-0.39, 0.29) is 69.5 Å². The largest absolute Gasteiger partial charge is 0.327 e. The van der Waals surface area contributed by atoms with E-state index < -0.39 is 0 Å². The number of nitrogens with two attached hydrogens (primary N) is 2. The maximum Gasteiger partial charge on any atom is 0.123 e. The summed E-state index contributed by atoms with van der Waals surface area (Å²) in [6.07, 6.45) is 3.45. The first-order valence-corrected chi connectivity index (χ1v) is 7.57. The van der Waals surface area contributed by atoms with Gasteiger partial charge in [-0.05, 0) is 72.2 Å². The maximum absolute atomic E-state index is 12.6. The molecule has 26 heavy (non-hydrogen) atoms. The van der Waals surface area contributed by atoms with Gasteiger partial charge in [0.2, 0.25) is 0 Å². The van der Waals surface area contributed by atoms with Crippen molar-refractivity contribution in [2.75, 3.05) is 0 Å². The van der Waals surface area contributed by atoms with Gasteiger partial charge in [-0.2, -0.15) is 13.5 Å². The molecule has 2 aromatic carbocycles. The lowest BCUT2D eigenvalue weighted by molar-refractivity contribution is 0.625. The second kappa shape index (κ2) is 11.8. The molecule has 0 bridgehead atoms. The molecule has 2 aliphatic carbocycles. The summed E-state index contributed by atoms with van der Waals surface area (Å²) in [6, 6.07) is 10.2. The summed E-state index contributed by atoms with van der Waals surface area (Å²) in [7, 11) is 0. The first kappa shape index (κ1) is 27.4. The topological polar surface area (TPSA) is 52.0 Å². The zero-order valence-electron chi connectivity index (χ0n) is 13.7. The van der Waals surface area contributed by atoms with Gasteiger partial charge in [0.05, 0.1) is 0 Å². The Balaban J connectivity index is 0. The van der Waals surface area contributed by atoms with Gasteiger partial charge in [-0.1, -0.05) is 19.6 Å². The summed E-state index contributed by atoms with van der Waals surface area (Å²) in [6.45, 7) is 0. The molecule has 0 heterocycles. The van der Waals surface area contributed by atoms with Crippen molar-refractivity contribution in [1.29, 1.82) is 0 Å². The molecule has 0 amide bonds. The van der Waals surface area contributed by atoms with Gasteiger partial charge in [0, 0.05) is 12.1 Å². The second-order valence-corrected chi connectivity index (χ2v) is 6.16. The van der Waals surface area contributed by atoms with Gasteiger partial charge in [0.25, 0.3) is 0 Å². The summed E-state index contributed by atoms with van der Waals surface area (Å²) in [4.78, 5) is 0. The van der Waals surface area contributed by atoms with Crippen LogP contribution in [-0.4, -0.2) is 12.1 Å². The van der Waals surface area contributed by atoms with E-state index in [0.717, 1.165) is 36.8 Å². The Kier molecular flexibility index (Phi) is 12.4. The van der Waals surface area contributed by atoms with Gasteiger partial charge in [-0.15, -0.1) is 24.8 Å². The molecule has 0 aromatic heterocycles. The van der Waals surface area contributed by atoms with Crippen molar-refractivity contribution in [2.45, 2.75) is 45.2 Å². The van der Waals surface area contributed by atoms with Crippen molar-refractivity contribution >= 4 is 38.3 Å². The molecule has 2 aliphatic rings. The average molecular weight is 425 g/mol. The standard InChI is InChI=1S/2C9H10FN.CH4.2ClH.H2S/c2*10-8-2-1-6-4-9(11)5-7(6)3-8;;;;/h2*1-3,9H,4-5,11H2;1H4;2*1H;1H2/t2*9-;;;;/m10..../s1. The number of hydrogen-bond acceptors (Lipinski definition) is 2. The predicted molar refractivity (Wildman–Crippen MR) is 115 cm³/mol. The van der Waals surface area contributed by atoms with E-state index in [1.807, 2.05) is 12.1 Å². The van der Waals surface area contributed by atoms with Crippen LogP contribution in [-0.2, 0) is 25.7 Å². The van der Waals surface area contributed by atoms with Crippen LogP contribution in [0.1, 0.15) is 29.7 Å². The van der Waals surface area contributed by atoms with Crippen molar-refractivity contribution in [2.24, 2.45) is 11.5 Å². The third kappa shape index (κ3) is 6.71. The monoisotopic (exact) mass is 424 g/mol. The summed E-state index contributed by atoms with van der Waals surface area (Å²) in [5, 5.41) is 0. The van der Waals surface area contributed by atoms with E-state index in [1.165, 1.54) is 23.3 Å². The first-order valence-electron chi connectivity index (χ1n) is 7.57. The van der Waals surface area contributed by atoms with Gasteiger partial charge in [0.1, 0.15) is 11.6 Å². The fourth-order valence-electron chi connectivity index (χ4n) is 3.24. The molecule has 0 unspecified atom stereocenters. The van der Waals surface area contributed by atoms with Crippen LogP contribution in [0.15, 0.2) is 36.4 Å². The minimum absolute atomic E-state index is 0. The molecule has 7 heteroatoms. The van der Waals surface area contributed by atoms with E-state index in [4.69, 9.17) is 11.5 Å². The Hall–Kier alpha value is -0.850. The van der Waals surface area contributed by atoms with Crippen molar-refractivity contribution in [3.05, 3.63) is 70.3 Å². The molecular weight excluding hydrogens is 397 g/mol. The third-order valence-electron chi connectivity index (χ3n) is 4.27. The van der Waals surface area contributed by atoms with E-state index in [1.54, 1.807) is 12.1 Å². The molecule has 2 aromatic rings. The van der Waals surface area contributed by atoms with E-state index >= 15 is 0 Å². The molecule has 0 fully saturated rings. The van der Waals surface area contributed by atoms with Crippen LogP contribution in [0.4, 0.5) is 8.78 Å². The highest BCUT2D eigenvalue weighted by molar-refractivity contribution is 7.59. The predicted octanol–water partition coefficient (Wildman–Crippen LogP) is 4.10. The molecule has 2 atom stereocenters. The molecular formula is C19H28Cl2F2N2S. The van der Waals surface area contributed by atoms with Crippen LogP contribution in [0.2, 0.25) is 0 Å². The molecule has 0 radical (unpaired) electrons. The lowest BCUT2D eigenvalue weighted by atomic mass is 10.1. The Morgan fingerprint density at radius 3 is 1.31 bits per heavy atom. The molecule has 148 valence electrons. The highest BCUT2D eigenvalue weighted by atomic mass is 35.5. The van der Waals surface area contributed by atoms with Crippen molar-refractivity contribution in [1.82, 2.24) is 0 Å².